The second kappa shape index (κ2) is 4.07. The van der Waals surface area contributed by atoms with Crippen LogP contribution < -0.4 is 0 Å². The average Bonchev–Trinajstić information content (AvgIpc) is 2.03. The molecule has 0 aromatic carbocycles. The highest BCUT2D eigenvalue weighted by atomic mass is 16.5. The van der Waals surface area contributed by atoms with Crippen LogP contribution in [-0.4, -0.2) is 26.4 Å². The quantitative estimate of drug-likeness (QED) is 0.610. The summed E-state index contributed by atoms with van der Waals surface area (Å²) in [7, 11) is 3.57. The SMILES string of the molecule is CO[C@H]1CC(C)C[C@H](OC)C1. The summed E-state index contributed by atoms with van der Waals surface area (Å²) in [4.78, 5) is 0. The summed E-state index contributed by atoms with van der Waals surface area (Å²) < 4.78 is 10.6. The van der Waals surface area contributed by atoms with Crippen molar-refractivity contribution in [3.8, 4) is 0 Å². The molecule has 0 bridgehead atoms. The maximum atomic E-state index is 5.31. The van der Waals surface area contributed by atoms with Gasteiger partial charge in [-0.1, -0.05) is 6.92 Å². The Morgan fingerprint density at radius 1 is 0.909 bits per heavy atom. The molecule has 0 aromatic heterocycles. The maximum Gasteiger partial charge on any atom is 0.0598 e. The van der Waals surface area contributed by atoms with Crippen molar-refractivity contribution in [2.24, 2.45) is 5.92 Å². The van der Waals surface area contributed by atoms with Crippen LogP contribution in [0, 0.1) is 5.92 Å². The average molecular weight is 158 g/mol. The van der Waals surface area contributed by atoms with E-state index in [-0.39, 0.29) is 0 Å². The summed E-state index contributed by atoms with van der Waals surface area (Å²) in [5.74, 6) is 0.749. The Kier molecular flexibility index (Phi) is 3.34. The van der Waals surface area contributed by atoms with Crippen molar-refractivity contribution >= 4 is 0 Å². The fraction of sp³-hybridized carbons (Fsp3) is 1.00. The lowest BCUT2D eigenvalue weighted by Gasteiger charge is -2.31. The summed E-state index contributed by atoms with van der Waals surface area (Å²) in [5.41, 5.74) is 0. The molecule has 2 atom stereocenters. The van der Waals surface area contributed by atoms with E-state index in [1.165, 1.54) is 12.8 Å². The zero-order valence-electron chi connectivity index (χ0n) is 7.67. The fourth-order valence-electron chi connectivity index (χ4n) is 1.86. The van der Waals surface area contributed by atoms with Crippen molar-refractivity contribution < 1.29 is 9.47 Å². The third kappa shape index (κ3) is 2.46. The van der Waals surface area contributed by atoms with Gasteiger partial charge in [0, 0.05) is 14.2 Å². The van der Waals surface area contributed by atoms with E-state index in [4.69, 9.17) is 9.47 Å². The van der Waals surface area contributed by atoms with Crippen molar-refractivity contribution in [2.45, 2.75) is 38.4 Å². The Morgan fingerprint density at radius 3 is 1.73 bits per heavy atom. The van der Waals surface area contributed by atoms with E-state index >= 15 is 0 Å². The largest absolute Gasteiger partial charge is 0.381 e. The topological polar surface area (TPSA) is 18.5 Å². The van der Waals surface area contributed by atoms with Gasteiger partial charge < -0.3 is 9.47 Å². The minimum Gasteiger partial charge on any atom is -0.381 e. The van der Waals surface area contributed by atoms with Gasteiger partial charge in [0.1, 0.15) is 0 Å². The van der Waals surface area contributed by atoms with Crippen molar-refractivity contribution in [1.29, 1.82) is 0 Å². The van der Waals surface area contributed by atoms with Gasteiger partial charge in [0.05, 0.1) is 12.2 Å². The van der Waals surface area contributed by atoms with E-state index in [1.807, 2.05) is 0 Å². The minimum absolute atomic E-state index is 0.420. The third-order valence-corrected chi connectivity index (χ3v) is 2.52. The van der Waals surface area contributed by atoms with Crippen molar-refractivity contribution in [2.75, 3.05) is 14.2 Å². The molecule has 0 saturated heterocycles. The van der Waals surface area contributed by atoms with Gasteiger partial charge in [-0.3, -0.25) is 0 Å². The van der Waals surface area contributed by atoms with Gasteiger partial charge in [0.25, 0.3) is 0 Å². The van der Waals surface area contributed by atoms with Gasteiger partial charge in [-0.25, -0.2) is 0 Å². The first kappa shape index (κ1) is 9.01. The molecule has 11 heavy (non-hydrogen) atoms. The van der Waals surface area contributed by atoms with Crippen LogP contribution in [0.1, 0.15) is 26.2 Å². The molecule has 0 amide bonds. The van der Waals surface area contributed by atoms with Gasteiger partial charge in [-0.2, -0.15) is 0 Å². The molecule has 0 heterocycles. The van der Waals surface area contributed by atoms with Crippen LogP contribution in [0.5, 0.6) is 0 Å². The van der Waals surface area contributed by atoms with E-state index in [0.29, 0.717) is 12.2 Å². The van der Waals surface area contributed by atoms with E-state index in [0.717, 1.165) is 12.3 Å². The first-order valence-corrected chi connectivity index (χ1v) is 4.31. The molecule has 2 heteroatoms. The Bertz CT molecular complexity index is 102. The second-order valence-corrected chi connectivity index (χ2v) is 3.53. The van der Waals surface area contributed by atoms with Crippen molar-refractivity contribution in [3.05, 3.63) is 0 Å². The first-order valence-electron chi connectivity index (χ1n) is 4.31. The summed E-state index contributed by atoms with van der Waals surface area (Å²) in [6, 6.07) is 0. The molecular formula is C9H18O2. The fourth-order valence-corrected chi connectivity index (χ4v) is 1.86. The summed E-state index contributed by atoms with van der Waals surface area (Å²) in [6.07, 6.45) is 4.29. The molecule has 0 N–H and O–H groups in total. The van der Waals surface area contributed by atoms with E-state index in [9.17, 15) is 0 Å². The molecule has 0 spiro atoms. The number of ether oxygens (including phenoxy) is 2. The normalized spacial score (nSPS) is 39.0. The molecule has 1 aliphatic carbocycles. The lowest BCUT2D eigenvalue weighted by Crippen LogP contribution is -2.30. The standard InChI is InChI=1S/C9H18O2/c1-7-4-8(10-2)6-9(5-7)11-3/h7-9H,4-6H2,1-3H3/t8-,9-/m0/s1. The third-order valence-electron chi connectivity index (χ3n) is 2.52. The second-order valence-electron chi connectivity index (χ2n) is 3.53. The molecule has 0 aromatic rings. The van der Waals surface area contributed by atoms with Gasteiger partial charge in [0.15, 0.2) is 0 Å². The Labute approximate surface area is 68.9 Å². The van der Waals surface area contributed by atoms with Crippen LogP contribution in [0.3, 0.4) is 0 Å². The number of hydrogen-bond acceptors (Lipinski definition) is 2. The van der Waals surface area contributed by atoms with Crippen molar-refractivity contribution in [1.82, 2.24) is 0 Å². The van der Waals surface area contributed by atoms with Gasteiger partial charge >= 0.3 is 0 Å². The first-order chi connectivity index (χ1) is 5.26. The van der Waals surface area contributed by atoms with Gasteiger partial charge in [-0.05, 0) is 25.2 Å². The number of hydrogen-bond donors (Lipinski definition) is 0. The predicted octanol–water partition coefficient (Wildman–Crippen LogP) is 1.84. The zero-order valence-corrected chi connectivity index (χ0v) is 7.67. The molecule has 1 saturated carbocycles. The monoisotopic (exact) mass is 158 g/mol. The van der Waals surface area contributed by atoms with Crippen LogP contribution in [0.25, 0.3) is 0 Å². The summed E-state index contributed by atoms with van der Waals surface area (Å²) in [5, 5.41) is 0. The molecule has 1 fully saturated rings. The lowest BCUT2D eigenvalue weighted by molar-refractivity contribution is -0.0264. The molecule has 0 radical (unpaired) electrons. The Balaban J connectivity index is 2.37. The molecule has 66 valence electrons. The zero-order chi connectivity index (χ0) is 8.27. The number of methoxy groups -OCH3 is 2. The van der Waals surface area contributed by atoms with Gasteiger partial charge in [-0.15, -0.1) is 0 Å². The van der Waals surface area contributed by atoms with E-state index < -0.39 is 0 Å². The molecule has 1 rings (SSSR count). The molecule has 2 nitrogen and oxygen atoms in total. The Morgan fingerprint density at radius 2 is 1.36 bits per heavy atom. The van der Waals surface area contributed by atoms with Crippen LogP contribution >= 0.6 is 0 Å². The summed E-state index contributed by atoms with van der Waals surface area (Å²) in [6.45, 7) is 2.26. The van der Waals surface area contributed by atoms with Crippen molar-refractivity contribution in [3.63, 3.8) is 0 Å². The lowest BCUT2D eigenvalue weighted by atomic mass is 9.86. The van der Waals surface area contributed by atoms with E-state index in [2.05, 4.69) is 6.92 Å². The molecule has 0 aliphatic heterocycles. The molecular weight excluding hydrogens is 140 g/mol. The highest BCUT2D eigenvalue weighted by Crippen LogP contribution is 2.27. The minimum atomic E-state index is 0.420. The van der Waals surface area contributed by atoms with Crippen LogP contribution in [-0.2, 0) is 9.47 Å². The summed E-state index contributed by atoms with van der Waals surface area (Å²) >= 11 is 0. The molecule has 0 unspecified atom stereocenters. The van der Waals surface area contributed by atoms with Gasteiger partial charge in [0.2, 0.25) is 0 Å². The Hall–Kier alpha value is -0.0800. The molecule has 1 aliphatic rings. The highest BCUT2D eigenvalue weighted by Gasteiger charge is 2.25. The highest BCUT2D eigenvalue weighted by molar-refractivity contribution is 4.77. The predicted molar refractivity (Wildman–Crippen MR) is 44.6 cm³/mol. The maximum absolute atomic E-state index is 5.31. The van der Waals surface area contributed by atoms with Crippen LogP contribution in [0.2, 0.25) is 0 Å². The van der Waals surface area contributed by atoms with Crippen LogP contribution in [0.15, 0.2) is 0 Å². The number of rotatable bonds is 2. The van der Waals surface area contributed by atoms with E-state index in [1.54, 1.807) is 14.2 Å². The van der Waals surface area contributed by atoms with Crippen LogP contribution in [0.4, 0.5) is 0 Å². The smallest absolute Gasteiger partial charge is 0.0598 e.